The summed E-state index contributed by atoms with van der Waals surface area (Å²) in [6, 6.07) is 9.79. The predicted molar refractivity (Wildman–Crippen MR) is 131 cm³/mol. The van der Waals surface area contributed by atoms with Crippen molar-refractivity contribution in [1.29, 1.82) is 0 Å². The number of aromatic nitrogens is 3. The Hall–Kier alpha value is -3.55. The molecule has 0 radical (unpaired) electrons. The summed E-state index contributed by atoms with van der Waals surface area (Å²) >= 11 is 0. The van der Waals surface area contributed by atoms with E-state index >= 15 is 0 Å². The van der Waals surface area contributed by atoms with Gasteiger partial charge in [0.05, 0.1) is 13.3 Å². The van der Waals surface area contributed by atoms with Gasteiger partial charge in [0.25, 0.3) is 5.91 Å². The molecule has 0 saturated heterocycles. The van der Waals surface area contributed by atoms with E-state index in [9.17, 15) is 4.79 Å². The van der Waals surface area contributed by atoms with Crippen LogP contribution in [0.15, 0.2) is 42.7 Å². The van der Waals surface area contributed by atoms with Crippen LogP contribution in [-0.4, -0.2) is 39.9 Å². The highest BCUT2D eigenvalue weighted by Gasteiger charge is 2.27. The molecule has 5 rings (SSSR count). The Bertz CT molecular complexity index is 1160. The fraction of sp³-hybridized carbons (Fsp3) is 0.423. The molecule has 8 nitrogen and oxygen atoms in total. The molecule has 2 aliphatic carbocycles. The van der Waals surface area contributed by atoms with E-state index in [2.05, 4.69) is 15.7 Å². The van der Waals surface area contributed by atoms with Crippen LogP contribution in [0.25, 0.3) is 11.1 Å². The zero-order valence-corrected chi connectivity index (χ0v) is 19.7. The topological polar surface area (TPSA) is 90.3 Å². The van der Waals surface area contributed by atoms with Crippen LogP contribution < -0.4 is 20.1 Å². The van der Waals surface area contributed by atoms with Gasteiger partial charge >= 0.3 is 0 Å². The van der Waals surface area contributed by atoms with Gasteiger partial charge in [0.15, 0.2) is 0 Å². The summed E-state index contributed by atoms with van der Waals surface area (Å²) in [4.78, 5) is 17.5. The normalized spacial score (nSPS) is 16.2. The maximum atomic E-state index is 12.8. The Kier molecular flexibility index (Phi) is 6.38. The van der Waals surface area contributed by atoms with E-state index in [1.807, 2.05) is 43.7 Å². The summed E-state index contributed by atoms with van der Waals surface area (Å²) in [6.45, 7) is 0. The van der Waals surface area contributed by atoms with Crippen molar-refractivity contribution in [3.05, 3.63) is 48.3 Å². The number of hydrogen-bond donors (Lipinski definition) is 2. The molecule has 8 heteroatoms. The zero-order valence-electron chi connectivity index (χ0n) is 19.7. The Morgan fingerprint density at radius 3 is 2.62 bits per heavy atom. The third kappa shape index (κ3) is 5.16. The summed E-state index contributed by atoms with van der Waals surface area (Å²) in [7, 11) is 3.54. The van der Waals surface area contributed by atoms with Crippen molar-refractivity contribution in [3.8, 4) is 22.8 Å². The van der Waals surface area contributed by atoms with Crippen molar-refractivity contribution in [1.82, 2.24) is 20.1 Å². The third-order valence-corrected chi connectivity index (χ3v) is 6.34. The van der Waals surface area contributed by atoms with E-state index in [0.717, 1.165) is 61.1 Å². The highest BCUT2D eigenvalue weighted by atomic mass is 16.5. The van der Waals surface area contributed by atoms with Gasteiger partial charge in [-0.15, -0.1) is 0 Å². The molecule has 0 atom stereocenters. The molecule has 2 saturated carbocycles. The second-order valence-electron chi connectivity index (χ2n) is 9.12. The summed E-state index contributed by atoms with van der Waals surface area (Å²) in [5.74, 6) is 1.63. The van der Waals surface area contributed by atoms with Crippen LogP contribution in [0.1, 0.15) is 55.3 Å². The molecular formula is C26H31N5O3. The number of pyridine rings is 1. The predicted octanol–water partition coefficient (Wildman–Crippen LogP) is 4.84. The Balaban J connectivity index is 1.39. The molecular weight excluding hydrogens is 430 g/mol. The van der Waals surface area contributed by atoms with Crippen LogP contribution >= 0.6 is 0 Å². The maximum Gasteiger partial charge on any atom is 0.256 e. The minimum absolute atomic E-state index is 0.0998. The SMILES string of the molecule is COc1cc(Nc2ccc(C(=O)NC3CC3)c(OC3CCCCC3)n2)ccc1-c1cnn(C)c1. The molecule has 3 aromatic rings. The fourth-order valence-electron chi connectivity index (χ4n) is 4.32. The minimum Gasteiger partial charge on any atom is -0.496 e. The van der Waals surface area contributed by atoms with Gasteiger partial charge in [-0.25, -0.2) is 0 Å². The van der Waals surface area contributed by atoms with Crippen LogP contribution in [0.5, 0.6) is 11.6 Å². The van der Waals surface area contributed by atoms with Crippen LogP contribution in [0.3, 0.4) is 0 Å². The Morgan fingerprint density at radius 2 is 1.91 bits per heavy atom. The summed E-state index contributed by atoms with van der Waals surface area (Å²) in [6.07, 6.45) is 11.5. The third-order valence-electron chi connectivity index (χ3n) is 6.34. The molecule has 0 unspecified atom stereocenters. The van der Waals surface area contributed by atoms with Crippen molar-refractivity contribution in [2.24, 2.45) is 7.05 Å². The van der Waals surface area contributed by atoms with Gasteiger partial charge in [-0.2, -0.15) is 10.1 Å². The van der Waals surface area contributed by atoms with Crippen molar-refractivity contribution in [3.63, 3.8) is 0 Å². The van der Waals surface area contributed by atoms with Gasteiger partial charge in [0.2, 0.25) is 5.88 Å². The van der Waals surface area contributed by atoms with Gasteiger partial charge in [0, 0.05) is 42.2 Å². The highest BCUT2D eigenvalue weighted by molar-refractivity contribution is 5.97. The molecule has 2 aromatic heterocycles. The smallest absolute Gasteiger partial charge is 0.256 e. The van der Waals surface area contributed by atoms with Crippen molar-refractivity contribution < 1.29 is 14.3 Å². The second kappa shape index (κ2) is 9.75. The van der Waals surface area contributed by atoms with Crippen LogP contribution in [-0.2, 0) is 7.05 Å². The molecule has 2 N–H and O–H groups in total. The summed E-state index contributed by atoms with van der Waals surface area (Å²) < 4.78 is 13.7. The van der Waals surface area contributed by atoms with E-state index in [4.69, 9.17) is 14.5 Å². The first kappa shape index (κ1) is 22.3. The summed E-state index contributed by atoms with van der Waals surface area (Å²) in [5, 5.41) is 10.6. The Labute approximate surface area is 199 Å². The number of hydrogen-bond acceptors (Lipinski definition) is 6. The first-order valence-corrected chi connectivity index (χ1v) is 12.0. The standard InChI is InChI=1S/C26H31N5O3/c1-31-16-17(15-27-31)21-11-10-19(14-23(21)33-2)28-24-13-12-22(25(32)29-18-8-9-18)26(30-24)34-20-6-4-3-5-7-20/h10-16,18,20H,3-9H2,1-2H3,(H,28,30)(H,29,32). The van der Waals surface area contributed by atoms with Crippen LogP contribution in [0.4, 0.5) is 11.5 Å². The van der Waals surface area contributed by atoms with Gasteiger partial charge in [-0.05, 0) is 62.8 Å². The number of aryl methyl sites for hydroxylation is 1. The molecule has 2 fully saturated rings. The molecule has 1 aromatic carbocycles. The lowest BCUT2D eigenvalue weighted by Gasteiger charge is -2.23. The second-order valence-corrected chi connectivity index (χ2v) is 9.12. The number of anilines is 2. The molecule has 0 bridgehead atoms. The van der Waals surface area contributed by atoms with Crippen LogP contribution in [0, 0.1) is 0 Å². The van der Waals surface area contributed by atoms with E-state index in [-0.39, 0.29) is 18.1 Å². The number of rotatable bonds is 8. The minimum atomic E-state index is -0.116. The molecule has 0 spiro atoms. The molecule has 2 heterocycles. The highest BCUT2D eigenvalue weighted by Crippen LogP contribution is 2.34. The first-order valence-electron chi connectivity index (χ1n) is 12.0. The van der Waals surface area contributed by atoms with E-state index < -0.39 is 0 Å². The number of methoxy groups -OCH3 is 1. The van der Waals surface area contributed by atoms with Crippen molar-refractivity contribution in [2.45, 2.75) is 57.1 Å². The largest absolute Gasteiger partial charge is 0.496 e. The summed E-state index contributed by atoms with van der Waals surface area (Å²) in [5.41, 5.74) is 3.27. The lowest BCUT2D eigenvalue weighted by Crippen LogP contribution is -2.28. The van der Waals surface area contributed by atoms with Gasteiger partial charge in [0.1, 0.15) is 23.2 Å². The van der Waals surface area contributed by atoms with E-state index in [1.54, 1.807) is 17.9 Å². The van der Waals surface area contributed by atoms with Gasteiger partial charge in [-0.1, -0.05) is 6.42 Å². The van der Waals surface area contributed by atoms with E-state index in [1.165, 1.54) is 6.42 Å². The lowest BCUT2D eigenvalue weighted by molar-refractivity contribution is 0.0936. The number of nitrogens with zero attached hydrogens (tertiary/aromatic N) is 3. The Morgan fingerprint density at radius 1 is 1.09 bits per heavy atom. The average Bonchev–Trinajstić information content (AvgIpc) is 3.56. The maximum absolute atomic E-state index is 12.8. The number of nitrogens with one attached hydrogen (secondary N) is 2. The van der Waals surface area contributed by atoms with E-state index in [0.29, 0.717) is 17.3 Å². The fourth-order valence-corrected chi connectivity index (χ4v) is 4.32. The molecule has 1 amide bonds. The molecule has 34 heavy (non-hydrogen) atoms. The monoisotopic (exact) mass is 461 g/mol. The molecule has 0 aliphatic heterocycles. The zero-order chi connectivity index (χ0) is 23.5. The lowest BCUT2D eigenvalue weighted by atomic mass is 9.98. The number of carbonyl (C=O) groups excluding carboxylic acids is 1. The first-order chi connectivity index (χ1) is 16.6. The number of ether oxygens (including phenoxy) is 2. The van der Waals surface area contributed by atoms with Gasteiger partial charge in [-0.3, -0.25) is 9.48 Å². The quantitative estimate of drug-likeness (QED) is 0.499. The average molecular weight is 462 g/mol. The molecule has 178 valence electrons. The van der Waals surface area contributed by atoms with Gasteiger partial charge < -0.3 is 20.1 Å². The molecule has 2 aliphatic rings. The van der Waals surface area contributed by atoms with Crippen LogP contribution in [0.2, 0.25) is 0 Å². The van der Waals surface area contributed by atoms with Crippen molar-refractivity contribution in [2.75, 3.05) is 12.4 Å². The van der Waals surface area contributed by atoms with Crippen molar-refractivity contribution >= 4 is 17.4 Å². The number of benzene rings is 1. The number of amides is 1. The number of carbonyl (C=O) groups is 1.